The van der Waals surface area contributed by atoms with Gasteiger partial charge in [-0.05, 0) is 6.07 Å². The lowest BCUT2D eigenvalue weighted by Crippen LogP contribution is -1.80. The van der Waals surface area contributed by atoms with Gasteiger partial charge >= 0.3 is 0 Å². The lowest BCUT2D eigenvalue weighted by atomic mass is 10.3. The third kappa shape index (κ3) is 1.76. The van der Waals surface area contributed by atoms with Crippen LogP contribution in [0.4, 0.5) is 5.13 Å². The highest BCUT2D eigenvalue weighted by Gasteiger charge is 2.04. The minimum Gasteiger partial charge on any atom is -0.374 e. The van der Waals surface area contributed by atoms with Crippen molar-refractivity contribution in [2.24, 2.45) is 0 Å². The molecule has 0 fully saturated rings. The number of hydrogen-bond acceptors (Lipinski definition) is 5. The summed E-state index contributed by atoms with van der Waals surface area (Å²) in [5.41, 5.74) is 6.28. The average Bonchev–Trinajstić information content (AvgIpc) is 2.52. The van der Waals surface area contributed by atoms with Gasteiger partial charge in [0.05, 0.1) is 5.02 Å². The summed E-state index contributed by atoms with van der Waals surface area (Å²) in [5.74, 6) is 0. The van der Waals surface area contributed by atoms with E-state index in [1.165, 1.54) is 11.3 Å². The van der Waals surface area contributed by atoms with Crippen LogP contribution in [0.3, 0.4) is 0 Å². The zero-order chi connectivity index (χ0) is 9.26. The van der Waals surface area contributed by atoms with Crippen LogP contribution in [0.15, 0.2) is 18.5 Å². The van der Waals surface area contributed by atoms with Crippen LogP contribution in [-0.4, -0.2) is 15.2 Å². The van der Waals surface area contributed by atoms with Crippen molar-refractivity contribution in [3.63, 3.8) is 0 Å². The van der Waals surface area contributed by atoms with E-state index in [9.17, 15) is 0 Å². The third-order valence-corrected chi connectivity index (χ3v) is 2.40. The lowest BCUT2D eigenvalue weighted by Gasteiger charge is -1.93. The van der Waals surface area contributed by atoms with Crippen molar-refractivity contribution in [3.8, 4) is 10.6 Å². The van der Waals surface area contributed by atoms with E-state index < -0.39 is 0 Å². The van der Waals surface area contributed by atoms with E-state index in [2.05, 4.69) is 15.2 Å². The van der Waals surface area contributed by atoms with Crippen molar-refractivity contribution in [2.75, 3.05) is 5.73 Å². The van der Waals surface area contributed by atoms with E-state index >= 15 is 0 Å². The van der Waals surface area contributed by atoms with Crippen LogP contribution >= 0.6 is 22.9 Å². The molecule has 2 N–H and O–H groups in total. The van der Waals surface area contributed by atoms with Crippen LogP contribution in [0.1, 0.15) is 0 Å². The largest absolute Gasteiger partial charge is 0.374 e. The molecule has 0 unspecified atom stereocenters. The van der Waals surface area contributed by atoms with E-state index in [1.54, 1.807) is 18.5 Å². The first-order valence-electron chi connectivity index (χ1n) is 3.45. The fourth-order valence-corrected chi connectivity index (χ4v) is 1.64. The van der Waals surface area contributed by atoms with Crippen molar-refractivity contribution < 1.29 is 0 Å². The Morgan fingerprint density at radius 3 is 2.77 bits per heavy atom. The fraction of sp³-hybridized carbons (Fsp3) is 0. The quantitative estimate of drug-likeness (QED) is 0.784. The summed E-state index contributed by atoms with van der Waals surface area (Å²) < 4.78 is 0. The van der Waals surface area contributed by atoms with Gasteiger partial charge < -0.3 is 5.73 Å². The van der Waals surface area contributed by atoms with Crippen LogP contribution in [0.5, 0.6) is 0 Å². The molecule has 0 saturated heterocycles. The molecule has 2 heterocycles. The Kier molecular flexibility index (Phi) is 2.12. The molecule has 0 aliphatic heterocycles. The van der Waals surface area contributed by atoms with Crippen LogP contribution < -0.4 is 5.73 Å². The second-order valence-electron chi connectivity index (χ2n) is 2.34. The predicted molar refractivity (Wildman–Crippen MR) is 52.6 cm³/mol. The van der Waals surface area contributed by atoms with E-state index in [1.807, 2.05) is 0 Å². The molecule has 0 aromatic carbocycles. The van der Waals surface area contributed by atoms with Gasteiger partial charge in [0.2, 0.25) is 5.13 Å². The first-order chi connectivity index (χ1) is 6.25. The van der Waals surface area contributed by atoms with Crippen LogP contribution in [-0.2, 0) is 0 Å². The monoisotopic (exact) mass is 212 g/mol. The normalized spacial score (nSPS) is 10.2. The Hall–Kier alpha value is -1.20. The number of nitrogens with two attached hydrogens (primary N) is 1. The number of anilines is 1. The Morgan fingerprint density at radius 1 is 1.31 bits per heavy atom. The summed E-state index contributed by atoms with van der Waals surface area (Å²) in [5, 5.41) is 9.31. The smallest absolute Gasteiger partial charge is 0.203 e. The van der Waals surface area contributed by atoms with Gasteiger partial charge in [0.1, 0.15) is 0 Å². The summed E-state index contributed by atoms with van der Waals surface area (Å²) in [6, 6.07) is 1.77. The molecule has 2 aromatic heterocycles. The van der Waals surface area contributed by atoms with Crippen molar-refractivity contribution in [1.29, 1.82) is 0 Å². The van der Waals surface area contributed by atoms with Gasteiger partial charge in [-0.25, -0.2) is 0 Å². The summed E-state index contributed by atoms with van der Waals surface area (Å²) in [6.45, 7) is 0. The van der Waals surface area contributed by atoms with Gasteiger partial charge in [-0.2, -0.15) is 0 Å². The van der Waals surface area contributed by atoms with Crippen molar-refractivity contribution in [2.45, 2.75) is 0 Å². The fourth-order valence-electron chi connectivity index (χ4n) is 0.880. The van der Waals surface area contributed by atoms with Crippen LogP contribution in [0, 0.1) is 0 Å². The molecule has 0 saturated carbocycles. The number of pyridine rings is 1. The number of halogens is 1. The minimum absolute atomic E-state index is 0.440. The molecule has 66 valence electrons. The average molecular weight is 213 g/mol. The second-order valence-corrected chi connectivity index (χ2v) is 3.78. The van der Waals surface area contributed by atoms with Crippen molar-refractivity contribution >= 4 is 28.1 Å². The molecule has 4 nitrogen and oxygen atoms in total. The first kappa shape index (κ1) is 8.40. The van der Waals surface area contributed by atoms with E-state index in [-0.39, 0.29) is 0 Å². The summed E-state index contributed by atoms with van der Waals surface area (Å²) >= 11 is 7.07. The number of nitrogens with zero attached hydrogens (tertiary/aromatic N) is 3. The molecule has 0 atom stereocenters. The summed E-state index contributed by atoms with van der Waals surface area (Å²) in [6.07, 6.45) is 3.24. The van der Waals surface area contributed by atoms with Crippen molar-refractivity contribution in [1.82, 2.24) is 15.2 Å². The summed E-state index contributed by atoms with van der Waals surface area (Å²) in [4.78, 5) is 3.94. The Morgan fingerprint density at radius 2 is 2.15 bits per heavy atom. The zero-order valence-electron chi connectivity index (χ0n) is 6.44. The van der Waals surface area contributed by atoms with Crippen molar-refractivity contribution in [3.05, 3.63) is 23.5 Å². The van der Waals surface area contributed by atoms with Gasteiger partial charge in [0.15, 0.2) is 5.01 Å². The maximum atomic E-state index is 5.76. The molecule has 0 amide bonds. The van der Waals surface area contributed by atoms with Gasteiger partial charge in [-0.1, -0.05) is 22.9 Å². The number of rotatable bonds is 1. The number of hydrogen-bond donors (Lipinski definition) is 1. The molecule has 2 aromatic rings. The van der Waals surface area contributed by atoms with Gasteiger partial charge in [-0.15, -0.1) is 10.2 Å². The molecule has 0 radical (unpaired) electrons. The summed E-state index contributed by atoms with van der Waals surface area (Å²) in [7, 11) is 0. The Labute approximate surface area is 83.4 Å². The Balaban J connectivity index is 2.46. The Bertz CT molecular complexity index is 428. The first-order valence-corrected chi connectivity index (χ1v) is 4.65. The molecule has 2 rings (SSSR count). The molecule has 0 spiro atoms. The predicted octanol–water partition coefficient (Wildman–Crippen LogP) is 1.84. The lowest BCUT2D eigenvalue weighted by molar-refractivity contribution is 1.10. The maximum Gasteiger partial charge on any atom is 0.203 e. The molecule has 6 heteroatoms. The van der Waals surface area contributed by atoms with E-state index in [0.29, 0.717) is 10.2 Å². The van der Waals surface area contributed by atoms with Crippen LogP contribution in [0.25, 0.3) is 10.6 Å². The molecular formula is C7H5ClN4S. The number of nitrogen functional groups attached to an aromatic ring is 1. The maximum absolute atomic E-state index is 5.76. The van der Waals surface area contributed by atoms with Gasteiger partial charge in [0.25, 0.3) is 0 Å². The highest BCUT2D eigenvalue weighted by Crippen LogP contribution is 2.25. The standard InChI is InChI=1S/C7H5ClN4S/c8-5-1-4(2-10-3-5)6-11-12-7(9)13-6/h1-3H,(H2,9,12). The third-order valence-electron chi connectivity index (χ3n) is 1.39. The molecular weight excluding hydrogens is 208 g/mol. The highest BCUT2D eigenvalue weighted by atomic mass is 35.5. The SMILES string of the molecule is Nc1nnc(-c2cncc(Cl)c2)s1. The van der Waals surface area contributed by atoms with Gasteiger partial charge in [0, 0.05) is 18.0 Å². The van der Waals surface area contributed by atoms with Gasteiger partial charge in [-0.3, -0.25) is 4.98 Å². The topological polar surface area (TPSA) is 64.7 Å². The zero-order valence-corrected chi connectivity index (χ0v) is 8.01. The molecule has 0 aliphatic carbocycles. The van der Waals surface area contributed by atoms with Crippen LogP contribution in [0.2, 0.25) is 5.02 Å². The molecule has 0 bridgehead atoms. The molecule has 0 aliphatic rings. The highest BCUT2D eigenvalue weighted by molar-refractivity contribution is 7.18. The van der Waals surface area contributed by atoms with E-state index in [4.69, 9.17) is 17.3 Å². The second kappa shape index (κ2) is 3.27. The van der Waals surface area contributed by atoms with E-state index in [0.717, 1.165) is 10.6 Å². The number of aromatic nitrogens is 3. The minimum atomic E-state index is 0.440. The molecule has 13 heavy (non-hydrogen) atoms.